The Morgan fingerprint density at radius 3 is 2.86 bits per heavy atom. The molecule has 0 aromatic heterocycles. The second-order valence-corrected chi connectivity index (χ2v) is 3.21. The average Bonchev–Trinajstić information content (AvgIpc) is 2.18. The fraction of sp³-hybridized carbons (Fsp3) is 0.333. The molecule has 0 fully saturated rings. The second-order valence-electron chi connectivity index (χ2n) is 3.21. The van der Waals surface area contributed by atoms with Gasteiger partial charge in [-0.05, 0) is 12.0 Å². The lowest BCUT2D eigenvalue weighted by Gasteiger charge is -2.12. The molecule has 0 radical (unpaired) electrons. The van der Waals surface area contributed by atoms with Crippen LogP contribution in [0.2, 0.25) is 0 Å². The Morgan fingerprint density at radius 2 is 2.29 bits per heavy atom. The lowest BCUT2D eigenvalue weighted by molar-refractivity contribution is 0.369. The first kappa shape index (κ1) is 10.5. The van der Waals surface area contributed by atoms with Crippen LogP contribution in [0.15, 0.2) is 18.2 Å². The third kappa shape index (κ3) is 2.00. The summed E-state index contributed by atoms with van der Waals surface area (Å²) in [5.41, 5.74) is 0.835. The molecule has 1 atom stereocenters. The Kier molecular flexibility index (Phi) is 3.41. The zero-order valence-electron chi connectivity index (χ0n) is 8.45. The Labute approximate surface area is 84.5 Å². The van der Waals surface area contributed by atoms with E-state index in [0.29, 0.717) is 12.2 Å². The molecule has 0 aliphatic heterocycles. The third-order valence-corrected chi connectivity index (χ3v) is 2.21. The molecule has 1 aromatic rings. The van der Waals surface area contributed by atoms with E-state index in [-0.39, 0.29) is 11.7 Å². The predicted octanol–water partition coefficient (Wildman–Crippen LogP) is 2.53. The van der Waals surface area contributed by atoms with Gasteiger partial charge in [0.25, 0.3) is 0 Å². The number of methoxy groups -OCH3 is 1. The maximum atomic E-state index is 9.79. The van der Waals surface area contributed by atoms with Gasteiger partial charge in [0, 0.05) is 12.0 Å². The SMILES string of the molecule is C#CCC(C)c1cccc(OC)c1O. The molecule has 2 nitrogen and oxygen atoms in total. The van der Waals surface area contributed by atoms with E-state index in [0.717, 1.165) is 5.56 Å². The molecule has 1 rings (SSSR count). The van der Waals surface area contributed by atoms with E-state index in [1.807, 2.05) is 19.1 Å². The number of phenols is 1. The van der Waals surface area contributed by atoms with Gasteiger partial charge in [-0.1, -0.05) is 19.1 Å². The maximum Gasteiger partial charge on any atom is 0.161 e. The van der Waals surface area contributed by atoms with Crippen LogP contribution in [-0.2, 0) is 0 Å². The fourth-order valence-electron chi connectivity index (χ4n) is 1.39. The molecular formula is C12H14O2. The highest BCUT2D eigenvalue weighted by Gasteiger charge is 2.12. The van der Waals surface area contributed by atoms with Crippen molar-refractivity contribution in [3.63, 3.8) is 0 Å². The number of terminal acetylenes is 1. The summed E-state index contributed by atoms with van der Waals surface area (Å²) in [7, 11) is 1.53. The zero-order chi connectivity index (χ0) is 10.6. The average molecular weight is 190 g/mol. The molecule has 0 saturated carbocycles. The minimum Gasteiger partial charge on any atom is -0.504 e. The van der Waals surface area contributed by atoms with Crippen molar-refractivity contribution in [3.8, 4) is 23.8 Å². The van der Waals surface area contributed by atoms with Crippen molar-refractivity contribution in [1.29, 1.82) is 0 Å². The molecule has 1 unspecified atom stereocenters. The van der Waals surface area contributed by atoms with Crippen molar-refractivity contribution in [3.05, 3.63) is 23.8 Å². The summed E-state index contributed by atoms with van der Waals surface area (Å²) in [6.07, 6.45) is 5.84. The van der Waals surface area contributed by atoms with E-state index in [4.69, 9.17) is 11.2 Å². The van der Waals surface area contributed by atoms with Crippen LogP contribution in [0.25, 0.3) is 0 Å². The number of ether oxygens (including phenoxy) is 1. The number of hydrogen-bond acceptors (Lipinski definition) is 2. The minimum absolute atomic E-state index is 0.148. The molecule has 0 saturated heterocycles. The van der Waals surface area contributed by atoms with Gasteiger partial charge >= 0.3 is 0 Å². The summed E-state index contributed by atoms with van der Waals surface area (Å²) < 4.78 is 5.01. The van der Waals surface area contributed by atoms with Gasteiger partial charge in [-0.25, -0.2) is 0 Å². The highest BCUT2D eigenvalue weighted by molar-refractivity contribution is 5.47. The molecule has 0 bridgehead atoms. The van der Waals surface area contributed by atoms with Crippen LogP contribution in [0.5, 0.6) is 11.5 Å². The van der Waals surface area contributed by atoms with Crippen LogP contribution in [0.3, 0.4) is 0 Å². The van der Waals surface area contributed by atoms with Crippen molar-refractivity contribution in [2.75, 3.05) is 7.11 Å². The van der Waals surface area contributed by atoms with E-state index in [1.165, 1.54) is 7.11 Å². The highest BCUT2D eigenvalue weighted by Crippen LogP contribution is 2.35. The predicted molar refractivity (Wildman–Crippen MR) is 56.5 cm³/mol. The first-order valence-corrected chi connectivity index (χ1v) is 4.50. The molecule has 14 heavy (non-hydrogen) atoms. The van der Waals surface area contributed by atoms with Crippen LogP contribution >= 0.6 is 0 Å². The number of para-hydroxylation sites is 1. The first-order valence-electron chi connectivity index (χ1n) is 4.50. The largest absolute Gasteiger partial charge is 0.504 e. The first-order chi connectivity index (χ1) is 6.70. The molecule has 2 heteroatoms. The smallest absolute Gasteiger partial charge is 0.161 e. The second kappa shape index (κ2) is 4.57. The molecule has 0 aliphatic carbocycles. The molecule has 0 amide bonds. The van der Waals surface area contributed by atoms with Crippen LogP contribution in [0.4, 0.5) is 0 Å². The maximum absolute atomic E-state index is 9.79. The summed E-state index contributed by atoms with van der Waals surface area (Å²) in [5.74, 6) is 3.41. The number of rotatable bonds is 3. The van der Waals surface area contributed by atoms with E-state index < -0.39 is 0 Å². The van der Waals surface area contributed by atoms with Crippen molar-refractivity contribution in [2.45, 2.75) is 19.3 Å². The molecule has 74 valence electrons. The summed E-state index contributed by atoms with van der Waals surface area (Å²) in [6.45, 7) is 1.98. The van der Waals surface area contributed by atoms with Gasteiger partial charge in [0.15, 0.2) is 11.5 Å². The highest BCUT2D eigenvalue weighted by atomic mass is 16.5. The zero-order valence-corrected chi connectivity index (χ0v) is 8.45. The van der Waals surface area contributed by atoms with Gasteiger partial charge in [-0.2, -0.15) is 0 Å². The molecule has 0 spiro atoms. The van der Waals surface area contributed by atoms with Gasteiger partial charge < -0.3 is 9.84 Å². The number of phenolic OH excluding ortho intramolecular Hbond substituents is 1. The summed E-state index contributed by atoms with van der Waals surface area (Å²) in [6, 6.07) is 5.43. The standard InChI is InChI=1S/C12H14O2/c1-4-6-9(2)10-7-5-8-11(14-3)12(10)13/h1,5,7-9,13H,6H2,2-3H3. The molecule has 1 N–H and O–H groups in total. The van der Waals surface area contributed by atoms with Gasteiger partial charge in [0.05, 0.1) is 7.11 Å². The number of hydrogen-bond donors (Lipinski definition) is 1. The normalized spacial score (nSPS) is 11.8. The lowest BCUT2D eigenvalue weighted by Crippen LogP contribution is -1.94. The van der Waals surface area contributed by atoms with E-state index in [9.17, 15) is 5.11 Å². The van der Waals surface area contributed by atoms with Crippen molar-refractivity contribution in [2.24, 2.45) is 0 Å². The van der Waals surface area contributed by atoms with Gasteiger partial charge in [0.2, 0.25) is 0 Å². The van der Waals surface area contributed by atoms with Gasteiger partial charge in [0.1, 0.15) is 0 Å². The van der Waals surface area contributed by atoms with Crippen LogP contribution in [0.1, 0.15) is 24.8 Å². The topological polar surface area (TPSA) is 29.5 Å². The van der Waals surface area contributed by atoms with Crippen LogP contribution in [-0.4, -0.2) is 12.2 Å². The molecule has 0 heterocycles. The van der Waals surface area contributed by atoms with Crippen LogP contribution in [0, 0.1) is 12.3 Å². The minimum atomic E-state index is 0.148. The third-order valence-electron chi connectivity index (χ3n) is 2.21. The summed E-state index contributed by atoms with van der Waals surface area (Å²) in [4.78, 5) is 0. The Morgan fingerprint density at radius 1 is 1.57 bits per heavy atom. The molecule has 0 aliphatic rings. The molecule has 1 aromatic carbocycles. The molecular weight excluding hydrogens is 176 g/mol. The summed E-state index contributed by atoms with van der Waals surface area (Å²) in [5, 5.41) is 9.79. The van der Waals surface area contributed by atoms with Gasteiger partial charge in [-0.3, -0.25) is 0 Å². The van der Waals surface area contributed by atoms with Crippen molar-refractivity contribution in [1.82, 2.24) is 0 Å². The van der Waals surface area contributed by atoms with Crippen molar-refractivity contribution < 1.29 is 9.84 Å². The van der Waals surface area contributed by atoms with E-state index in [2.05, 4.69) is 5.92 Å². The van der Waals surface area contributed by atoms with Gasteiger partial charge in [-0.15, -0.1) is 12.3 Å². The fourth-order valence-corrected chi connectivity index (χ4v) is 1.39. The Bertz CT molecular complexity index is 350. The van der Waals surface area contributed by atoms with E-state index in [1.54, 1.807) is 6.07 Å². The number of aromatic hydroxyl groups is 1. The lowest BCUT2D eigenvalue weighted by atomic mass is 9.97. The summed E-state index contributed by atoms with van der Waals surface area (Å²) >= 11 is 0. The Balaban J connectivity index is 3.04. The Hall–Kier alpha value is -1.62. The van der Waals surface area contributed by atoms with Crippen molar-refractivity contribution >= 4 is 0 Å². The number of benzene rings is 1. The monoisotopic (exact) mass is 190 g/mol. The quantitative estimate of drug-likeness (QED) is 0.742. The van der Waals surface area contributed by atoms with Crippen LogP contribution < -0.4 is 4.74 Å². The van der Waals surface area contributed by atoms with E-state index >= 15 is 0 Å².